The van der Waals surface area contributed by atoms with Gasteiger partial charge in [-0.2, -0.15) is 0 Å². The summed E-state index contributed by atoms with van der Waals surface area (Å²) < 4.78 is 6.39. The molecular weight excluding hydrogens is 360 g/mol. The van der Waals surface area contributed by atoms with E-state index in [2.05, 4.69) is 25.9 Å². The van der Waals surface area contributed by atoms with Gasteiger partial charge in [0, 0.05) is 4.47 Å². The molecule has 3 rings (SSSR count). The maximum atomic E-state index is 6.14. The lowest BCUT2D eigenvalue weighted by Crippen LogP contribution is -1.90. The average molecular weight is 370 g/mol. The number of hydrogen-bond acceptors (Lipinski definition) is 4. The summed E-state index contributed by atoms with van der Waals surface area (Å²) in [5, 5.41) is 1.33. The molecule has 102 valence electrons. The molecule has 20 heavy (non-hydrogen) atoms. The highest BCUT2D eigenvalue weighted by molar-refractivity contribution is 9.10. The summed E-state index contributed by atoms with van der Waals surface area (Å²) in [4.78, 5) is 10.3. The monoisotopic (exact) mass is 368 g/mol. The number of nitrogens with zero attached hydrogens (tertiary/aromatic N) is 2. The Morgan fingerprint density at radius 2 is 2.00 bits per heavy atom. The molecule has 3 nitrogen and oxygen atoms in total. The van der Waals surface area contributed by atoms with Crippen LogP contribution in [0, 0.1) is 0 Å². The maximum Gasteiger partial charge on any atom is 0.142 e. The molecule has 0 fully saturated rings. The van der Waals surface area contributed by atoms with Gasteiger partial charge >= 0.3 is 0 Å². The molecule has 0 atom stereocenters. The van der Waals surface area contributed by atoms with Gasteiger partial charge in [0.2, 0.25) is 0 Å². The van der Waals surface area contributed by atoms with E-state index in [1.807, 2.05) is 31.2 Å². The summed E-state index contributed by atoms with van der Waals surface area (Å²) >= 11 is 11.3. The highest BCUT2D eigenvalue weighted by Crippen LogP contribution is 2.43. The normalized spacial score (nSPS) is 10.9. The zero-order valence-electron chi connectivity index (χ0n) is 10.6. The minimum Gasteiger partial charge on any atom is -0.494 e. The van der Waals surface area contributed by atoms with E-state index in [0.717, 1.165) is 30.9 Å². The minimum absolute atomic E-state index is 0.468. The van der Waals surface area contributed by atoms with Crippen LogP contribution >= 0.6 is 38.9 Å². The summed E-state index contributed by atoms with van der Waals surface area (Å²) in [6.07, 6.45) is 1.48. The van der Waals surface area contributed by atoms with Crippen LogP contribution in [0.5, 0.6) is 5.75 Å². The highest BCUT2D eigenvalue weighted by atomic mass is 79.9. The molecule has 0 N–H and O–H groups in total. The molecule has 0 amide bonds. The number of rotatable bonds is 3. The molecule has 6 heteroatoms. The zero-order valence-corrected chi connectivity index (χ0v) is 13.7. The molecule has 1 aromatic carbocycles. The second kappa shape index (κ2) is 5.68. The lowest BCUT2D eigenvalue weighted by atomic mass is 10.2. The fourth-order valence-electron chi connectivity index (χ4n) is 1.92. The van der Waals surface area contributed by atoms with Crippen molar-refractivity contribution in [1.29, 1.82) is 0 Å². The predicted molar refractivity (Wildman–Crippen MR) is 86.7 cm³/mol. The van der Waals surface area contributed by atoms with Gasteiger partial charge in [-0.05, 0) is 52.7 Å². The Hall–Kier alpha value is -1.17. The Morgan fingerprint density at radius 1 is 1.25 bits per heavy atom. The zero-order chi connectivity index (χ0) is 14.1. The van der Waals surface area contributed by atoms with Gasteiger partial charge in [-0.15, -0.1) is 11.3 Å². The molecule has 3 aromatic rings. The molecular formula is C14H10BrClN2OS. The fourth-order valence-corrected chi connectivity index (χ4v) is 4.34. The van der Waals surface area contributed by atoms with Crippen molar-refractivity contribution in [3.63, 3.8) is 0 Å². The third kappa shape index (κ3) is 2.41. The fraction of sp³-hybridized carbons (Fsp3) is 0.143. The molecule has 0 spiro atoms. The Balaban J connectivity index is 2.10. The summed E-state index contributed by atoms with van der Waals surface area (Å²) in [6.45, 7) is 2.63. The Kier molecular flexibility index (Phi) is 3.92. The van der Waals surface area contributed by atoms with Crippen molar-refractivity contribution in [3.05, 3.63) is 40.2 Å². The van der Waals surface area contributed by atoms with E-state index in [-0.39, 0.29) is 0 Å². The molecule has 0 bridgehead atoms. The van der Waals surface area contributed by atoms with Crippen LogP contribution in [0.15, 0.2) is 35.1 Å². The first-order valence-corrected chi connectivity index (χ1v) is 8.01. The quantitative estimate of drug-likeness (QED) is 0.597. The number of aromatic nitrogens is 2. The van der Waals surface area contributed by atoms with Crippen LogP contribution in [0.25, 0.3) is 20.7 Å². The van der Waals surface area contributed by atoms with Gasteiger partial charge in [-0.3, -0.25) is 0 Å². The lowest BCUT2D eigenvalue weighted by Gasteiger charge is -2.04. The second-order valence-electron chi connectivity index (χ2n) is 4.05. The molecule has 0 aliphatic carbocycles. The number of ether oxygens (including phenoxy) is 1. The van der Waals surface area contributed by atoms with Gasteiger partial charge in [-0.1, -0.05) is 11.6 Å². The Labute approximate surface area is 133 Å². The van der Waals surface area contributed by atoms with E-state index in [9.17, 15) is 0 Å². The summed E-state index contributed by atoms with van der Waals surface area (Å²) in [7, 11) is 0. The Morgan fingerprint density at radius 3 is 2.65 bits per heavy atom. The standard InChI is InChI=1S/C14H10BrClN2OS/c1-2-19-9-5-3-8(4-6-9)12-11(15)10-13(16)17-7-18-14(10)20-12/h3-7H,2H2,1H3. The predicted octanol–water partition coefficient (Wildman–Crippen LogP) is 5.17. The van der Waals surface area contributed by atoms with Gasteiger partial charge < -0.3 is 4.74 Å². The van der Waals surface area contributed by atoms with Crippen molar-refractivity contribution in [3.8, 4) is 16.2 Å². The van der Waals surface area contributed by atoms with Crippen molar-refractivity contribution >= 4 is 49.1 Å². The van der Waals surface area contributed by atoms with E-state index in [1.54, 1.807) is 11.3 Å². The SMILES string of the molecule is CCOc1ccc(-c2sc3ncnc(Cl)c3c2Br)cc1. The Bertz CT molecular complexity index is 758. The molecule has 0 unspecified atom stereocenters. The van der Waals surface area contributed by atoms with Gasteiger partial charge in [0.05, 0.1) is 16.9 Å². The van der Waals surface area contributed by atoms with Crippen molar-refractivity contribution in [1.82, 2.24) is 9.97 Å². The third-order valence-corrected chi connectivity index (χ3v) is 5.30. The van der Waals surface area contributed by atoms with Gasteiger partial charge in [0.25, 0.3) is 0 Å². The van der Waals surface area contributed by atoms with E-state index < -0.39 is 0 Å². The number of benzene rings is 1. The van der Waals surface area contributed by atoms with Crippen molar-refractivity contribution < 1.29 is 4.74 Å². The van der Waals surface area contributed by atoms with Crippen molar-refractivity contribution in [2.24, 2.45) is 0 Å². The molecule has 0 aliphatic heterocycles. The second-order valence-corrected chi connectivity index (χ2v) is 6.20. The first-order valence-electron chi connectivity index (χ1n) is 6.02. The van der Waals surface area contributed by atoms with E-state index in [0.29, 0.717) is 11.8 Å². The number of fused-ring (bicyclic) bond motifs is 1. The maximum absolute atomic E-state index is 6.14. The van der Waals surface area contributed by atoms with E-state index in [1.165, 1.54) is 6.33 Å². The molecule has 2 aromatic heterocycles. The number of halogens is 2. The first kappa shape index (κ1) is 13.8. The van der Waals surface area contributed by atoms with Crippen LogP contribution in [0.2, 0.25) is 5.15 Å². The number of thiophene rings is 1. The van der Waals surface area contributed by atoms with Crippen molar-refractivity contribution in [2.45, 2.75) is 6.92 Å². The molecule has 0 radical (unpaired) electrons. The van der Waals surface area contributed by atoms with Gasteiger partial charge in [0.1, 0.15) is 22.1 Å². The number of hydrogen-bond donors (Lipinski definition) is 0. The largest absolute Gasteiger partial charge is 0.494 e. The first-order chi connectivity index (χ1) is 9.70. The van der Waals surface area contributed by atoms with Crippen LogP contribution in [-0.2, 0) is 0 Å². The summed E-state index contributed by atoms with van der Waals surface area (Å²) in [6, 6.07) is 7.98. The van der Waals surface area contributed by atoms with Crippen LogP contribution in [-0.4, -0.2) is 16.6 Å². The summed E-state index contributed by atoms with van der Waals surface area (Å²) in [5.74, 6) is 0.867. The molecule has 0 saturated carbocycles. The molecule has 0 saturated heterocycles. The summed E-state index contributed by atoms with van der Waals surface area (Å²) in [5.41, 5.74) is 1.10. The third-order valence-electron chi connectivity index (χ3n) is 2.81. The van der Waals surface area contributed by atoms with E-state index >= 15 is 0 Å². The van der Waals surface area contributed by atoms with Gasteiger partial charge in [0.15, 0.2) is 0 Å². The average Bonchev–Trinajstić information content (AvgIpc) is 2.79. The van der Waals surface area contributed by atoms with Crippen LogP contribution < -0.4 is 4.74 Å². The van der Waals surface area contributed by atoms with E-state index in [4.69, 9.17) is 16.3 Å². The van der Waals surface area contributed by atoms with Crippen LogP contribution in [0.1, 0.15) is 6.92 Å². The van der Waals surface area contributed by atoms with Gasteiger partial charge in [-0.25, -0.2) is 9.97 Å². The van der Waals surface area contributed by atoms with Crippen LogP contribution in [0.3, 0.4) is 0 Å². The molecule has 0 aliphatic rings. The van der Waals surface area contributed by atoms with Crippen LogP contribution in [0.4, 0.5) is 0 Å². The smallest absolute Gasteiger partial charge is 0.142 e. The highest BCUT2D eigenvalue weighted by Gasteiger charge is 2.15. The van der Waals surface area contributed by atoms with Crippen molar-refractivity contribution in [2.75, 3.05) is 6.61 Å². The topological polar surface area (TPSA) is 35.0 Å². The lowest BCUT2D eigenvalue weighted by molar-refractivity contribution is 0.340. The minimum atomic E-state index is 0.468. The molecule has 2 heterocycles.